The Hall–Kier alpha value is -0.610. The van der Waals surface area contributed by atoms with Gasteiger partial charge in [-0.2, -0.15) is 0 Å². The Bertz CT molecular complexity index is 170. The lowest BCUT2D eigenvalue weighted by Crippen LogP contribution is -2.43. The minimum absolute atomic E-state index is 0.136. The third-order valence-corrected chi connectivity index (χ3v) is 2.90. The van der Waals surface area contributed by atoms with Gasteiger partial charge in [-0.15, -0.1) is 0 Å². The zero-order valence-corrected chi connectivity index (χ0v) is 10.0. The summed E-state index contributed by atoms with van der Waals surface area (Å²) in [5.41, 5.74) is 1.72. The number of unbranched alkanes of at least 4 members (excludes halogenated alkanes) is 1. The van der Waals surface area contributed by atoms with Gasteiger partial charge in [0, 0.05) is 0 Å². The molecule has 0 saturated carbocycles. The molecule has 0 rings (SSSR count). The van der Waals surface area contributed by atoms with E-state index in [2.05, 4.69) is 12.4 Å². The molecule has 0 aliphatic rings. The molecule has 0 aliphatic carbocycles. The number of carbonyl (C=O) groups is 1. The average molecular weight is 217 g/mol. The van der Waals surface area contributed by atoms with E-state index in [4.69, 9.17) is 4.84 Å². The predicted molar refractivity (Wildman–Crippen MR) is 59.1 cm³/mol. The Morgan fingerprint density at radius 2 is 1.93 bits per heavy atom. The number of hydrogen-bond acceptors (Lipinski definition) is 3. The first-order valence-electron chi connectivity index (χ1n) is 5.70. The minimum Gasteiger partial charge on any atom is -0.395 e. The van der Waals surface area contributed by atoms with Crippen LogP contribution in [-0.2, 0) is 9.63 Å². The first-order valence-corrected chi connectivity index (χ1v) is 5.70. The first kappa shape index (κ1) is 14.4. The van der Waals surface area contributed by atoms with E-state index in [1.165, 1.54) is 0 Å². The van der Waals surface area contributed by atoms with Gasteiger partial charge in [0.2, 0.25) is 0 Å². The number of hydrogen-bond donors (Lipinski definition) is 2. The monoisotopic (exact) mass is 217 g/mol. The Kier molecular flexibility index (Phi) is 7.34. The molecule has 15 heavy (non-hydrogen) atoms. The second-order valence-corrected chi connectivity index (χ2v) is 3.78. The molecule has 0 atom stereocenters. The minimum atomic E-state index is -0.688. The smallest absolute Gasteiger partial charge is 0.252 e. The van der Waals surface area contributed by atoms with Gasteiger partial charge in [-0.1, -0.05) is 27.2 Å². The van der Waals surface area contributed by atoms with Gasteiger partial charge in [0.15, 0.2) is 0 Å². The van der Waals surface area contributed by atoms with Crippen molar-refractivity contribution >= 4 is 5.91 Å². The second kappa shape index (κ2) is 7.65. The van der Waals surface area contributed by atoms with Gasteiger partial charge in [-0.3, -0.25) is 9.63 Å². The molecule has 0 fully saturated rings. The zero-order valence-electron chi connectivity index (χ0n) is 10.0. The van der Waals surface area contributed by atoms with Gasteiger partial charge in [0.1, 0.15) is 0 Å². The van der Waals surface area contributed by atoms with Gasteiger partial charge in [-0.25, -0.2) is 5.48 Å². The Balaban J connectivity index is 4.04. The van der Waals surface area contributed by atoms with E-state index in [0.717, 1.165) is 12.8 Å². The van der Waals surface area contributed by atoms with Crippen molar-refractivity contribution < 1.29 is 14.7 Å². The fourth-order valence-electron chi connectivity index (χ4n) is 1.31. The zero-order chi connectivity index (χ0) is 11.7. The van der Waals surface area contributed by atoms with Crippen LogP contribution in [0.4, 0.5) is 0 Å². The molecular weight excluding hydrogens is 194 g/mol. The molecule has 2 N–H and O–H groups in total. The summed E-state index contributed by atoms with van der Waals surface area (Å²) >= 11 is 0. The molecule has 4 nitrogen and oxygen atoms in total. The van der Waals surface area contributed by atoms with E-state index >= 15 is 0 Å². The highest BCUT2D eigenvalue weighted by Gasteiger charge is 2.34. The third kappa shape index (κ3) is 4.18. The molecule has 0 aromatic rings. The van der Waals surface area contributed by atoms with E-state index in [-0.39, 0.29) is 12.5 Å². The number of hydroxylamine groups is 1. The normalized spacial score (nSPS) is 11.5. The summed E-state index contributed by atoms with van der Waals surface area (Å²) in [6.07, 6.45) is 3.18. The summed E-state index contributed by atoms with van der Waals surface area (Å²) in [7, 11) is 0. The van der Waals surface area contributed by atoms with Crippen molar-refractivity contribution in [1.29, 1.82) is 0 Å². The van der Waals surface area contributed by atoms with Crippen LogP contribution in [0, 0.1) is 5.41 Å². The van der Waals surface area contributed by atoms with E-state index in [1.807, 2.05) is 13.8 Å². The van der Waals surface area contributed by atoms with Crippen LogP contribution in [-0.4, -0.2) is 24.2 Å². The maximum Gasteiger partial charge on any atom is 0.252 e. The lowest BCUT2D eigenvalue weighted by Gasteiger charge is -2.27. The number of aliphatic hydroxyl groups is 1. The quantitative estimate of drug-likeness (QED) is 0.480. The molecule has 90 valence electrons. The summed E-state index contributed by atoms with van der Waals surface area (Å²) in [5, 5.41) is 9.23. The van der Waals surface area contributed by atoms with Crippen molar-refractivity contribution in [2.45, 2.75) is 46.5 Å². The van der Waals surface area contributed by atoms with Crippen molar-refractivity contribution in [3.05, 3.63) is 0 Å². The lowest BCUT2D eigenvalue weighted by molar-refractivity contribution is -0.147. The molecule has 0 unspecified atom stereocenters. The molecule has 0 radical (unpaired) electrons. The van der Waals surface area contributed by atoms with Crippen LogP contribution in [0.1, 0.15) is 46.5 Å². The standard InChI is InChI=1S/C11H23NO3/c1-4-7-8-15-12-10(14)11(5-2,6-3)9-13/h13H,4-9H2,1-3H3,(H,12,14). The van der Waals surface area contributed by atoms with Crippen LogP contribution >= 0.6 is 0 Å². The average Bonchev–Trinajstić information content (AvgIpc) is 2.28. The maximum atomic E-state index is 11.7. The summed E-state index contributed by atoms with van der Waals surface area (Å²) in [5.74, 6) is -0.217. The molecule has 0 aromatic carbocycles. The largest absolute Gasteiger partial charge is 0.395 e. The number of amides is 1. The molecular formula is C11H23NO3. The van der Waals surface area contributed by atoms with E-state index in [0.29, 0.717) is 19.4 Å². The topological polar surface area (TPSA) is 58.6 Å². The van der Waals surface area contributed by atoms with Crippen LogP contribution in [0.5, 0.6) is 0 Å². The molecule has 0 spiro atoms. The Morgan fingerprint density at radius 3 is 2.33 bits per heavy atom. The molecule has 0 heterocycles. The third-order valence-electron chi connectivity index (χ3n) is 2.90. The summed E-state index contributed by atoms with van der Waals surface area (Å²) in [4.78, 5) is 16.8. The van der Waals surface area contributed by atoms with Crippen LogP contribution in [0.2, 0.25) is 0 Å². The Labute approximate surface area is 92.0 Å². The predicted octanol–water partition coefficient (Wildman–Crippen LogP) is 1.63. The molecule has 0 aliphatic heterocycles. The molecule has 0 aromatic heterocycles. The number of rotatable bonds is 8. The SMILES string of the molecule is CCCCONC(=O)C(CC)(CC)CO. The fourth-order valence-corrected chi connectivity index (χ4v) is 1.31. The van der Waals surface area contributed by atoms with Crippen molar-refractivity contribution in [3.8, 4) is 0 Å². The highest BCUT2D eigenvalue weighted by Crippen LogP contribution is 2.25. The summed E-state index contributed by atoms with van der Waals surface area (Å²) < 4.78 is 0. The van der Waals surface area contributed by atoms with Gasteiger partial charge >= 0.3 is 0 Å². The van der Waals surface area contributed by atoms with Crippen LogP contribution in [0.3, 0.4) is 0 Å². The van der Waals surface area contributed by atoms with Crippen LogP contribution < -0.4 is 5.48 Å². The van der Waals surface area contributed by atoms with Crippen molar-refractivity contribution in [3.63, 3.8) is 0 Å². The number of nitrogens with one attached hydrogen (secondary N) is 1. The molecule has 4 heteroatoms. The van der Waals surface area contributed by atoms with Crippen molar-refractivity contribution in [2.24, 2.45) is 5.41 Å². The first-order chi connectivity index (χ1) is 7.16. The van der Waals surface area contributed by atoms with E-state index < -0.39 is 5.41 Å². The van der Waals surface area contributed by atoms with Gasteiger partial charge in [-0.05, 0) is 19.3 Å². The van der Waals surface area contributed by atoms with Crippen molar-refractivity contribution in [1.82, 2.24) is 5.48 Å². The van der Waals surface area contributed by atoms with Gasteiger partial charge in [0.05, 0.1) is 18.6 Å². The molecule has 1 amide bonds. The fraction of sp³-hybridized carbons (Fsp3) is 0.909. The van der Waals surface area contributed by atoms with E-state index in [9.17, 15) is 9.90 Å². The lowest BCUT2D eigenvalue weighted by atomic mass is 9.82. The van der Waals surface area contributed by atoms with Gasteiger partial charge in [0.25, 0.3) is 5.91 Å². The maximum absolute atomic E-state index is 11.7. The second-order valence-electron chi connectivity index (χ2n) is 3.78. The highest BCUT2D eigenvalue weighted by atomic mass is 16.6. The summed E-state index contributed by atoms with van der Waals surface area (Å²) in [6.45, 7) is 6.23. The van der Waals surface area contributed by atoms with Crippen LogP contribution in [0.15, 0.2) is 0 Å². The van der Waals surface area contributed by atoms with Gasteiger partial charge < -0.3 is 5.11 Å². The highest BCUT2D eigenvalue weighted by molar-refractivity contribution is 5.81. The number of aliphatic hydroxyl groups excluding tert-OH is 1. The Morgan fingerprint density at radius 1 is 1.33 bits per heavy atom. The molecule has 0 saturated heterocycles. The van der Waals surface area contributed by atoms with E-state index in [1.54, 1.807) is 0 Å². The summed E-state index contributed by atoms with van der Waals surface area (Å²) in [6, 6.07) is 0. The molecule has 0 bridgehead atoms. The van der Waals surface area contributed by atoms with Crippen molar-refractivity contribution in [2.75, 3.05) is 13.2 Å². The number of carbonyl (C=O) groups excluding carboxylic acids is 1. The van der Waals surface area contributed by atoms with Crippen LogP contribution in [0.25, 0.3) is 0 Å².